The molecule has 0 saturated heterocycles. The molecule has 0 radical (unpaired) electrons. The third-order valence-electron chi connectivity index (χ3n) is 4.71. The lowest BCUT2D eigenvalue weighted by Gasteiger charge is -2.26. The number of thioether (sulfide) groups is 1. The largest absolute Gasteiger partial charge is 0.380 e. The lowest BCUT2D eigenvalue weighted by Crippen LogP contribution is -2.29. The molecule has 1 aliphatic rings. The van der Waals surface area contributed by atoms with Crippen LogP contribution in [0, 0.1) is 0 Å². The van der Waals surface area contributed by atoms with Gasteiger partial charge in [0.1, 0.15) is 0 Å². The summed E-state index contributed by atoms with van der Waals surface area (Å²) >= 11 is 1.95. The molecule has 3 N–H and O–H groups in total. The van der Waals surface area contributed by atoms with Crippen molar-refractivity contribution >= 4 is 47.4 Å². The third kappa shape index (κ3) is 6.40. The highest BCUT2D eigenvalue weighted by molar-refractivity contribution is 14.0. The molecule has 0 amide bonds. The zero-order chi connectivity index (χ0) is 18.2. The fourth-order valence-corrected chi connectivity index (χ4v) is 4.80. The SMILES string of the molecule is COCc1ccccc1NC(N)=NCC1(Sc2ccccc2)CCCC1.I. The maximum absolute atomic E-state index is 6.19. The molecular weight excluding hydrogens is 469 g/mol. The molecule has 0 bridgehead atoms. The average Bonchev–Trinajstić information content (AvgIpc) is 3.11. The number of para-hydroxylation sites is 1. The van der Waals surface area contributed by atoms with Gasteiger partial charge < -0.3 is 15.8 Å². The highest BCUT2D eigenvalue weighted by atomic mass is 127. The van der Waals surface area contributed by atoms with Crippen LogP contribution in [0.2, 0.25) is 0 Å². The summed E-state index contributed by atoms with van der Waals surface area (Å²) in [6.45, 7) is 1.28. The number of hydrogen-bond donors (Lipinski definition) is 2. The van der Waals surface area contributed by atoms with Gasteiger partial charge in [0.15, 0.2) is 5.96 Å². The number of methoxy groups -OCH3 is 1. The number of ether oxygens (including phenoxy) is 1. The molecule has 2 aromatic rings. The van der Waals surface area contributed by atoms with Gasteiger partial charge in [-0.15, -0.1) is 35.7 Å². The number of aliphatic imine (C=N–C) groups is 1. The first-order valence-corrected chi connectivity index (χ1v) is 9.90. The molecule has 0 spiro atoms. The highest BCUT2D eigenvalue weighted by Crippen LogP contribution is 2.45. The summed E-state index contributed by atoms with van der Waals surface area (Å²) in [5.41, 5.74) is 8.21. The van der Waals surface area contributed by atoms with E-state index in [9.17, 15) is 0 Å². The summed E-state index contributed by atoms with van der Waals surface area (Å²) in [6.07, 6.45) is 4.89. The van der Waals surface area contributed by atoms with Gasteiger partial charge in [-0.25, -0.2) is 0 Å². The van der Waals surface area contributed by atoms with E-state index in [1.807, 2.05) is 36.0 Å². The van der Waals surface area contributed by atoms with E-state index in [-0.39, 0.29) is 28.7 Å². The Balaban J connectivity index is 0.00000261. The number of halogens is 1. The first-order valence-electron chi connectivity index (χ1n) is 9.09. The average molecular weight is 497 g/mol. The van der Waals surface area contributed by atoms with Crippen LogP contribution in [0.15, 0.2) is 64.5 Å². The van der Waals surface area contributed by atoms with Gasteiger partial charge in [-0.1, -0.05) is 49.2 Å². The number of nitrogens with zero attached hydrogens (tertiary/aromatic N) is 1. The van der Waals surface area contributed by atoms with Crippen molar-refractivity contribution < 1.29 is 4.74 Å². The molecule has 0 aliphatic heterocycles. The molecule has 1 aliphatic carbocycles. The van der Waals surface area contributed by atoms with Crippen molar-refractivity contribution in [3.05, 3.63) is 60.2 Å². The van der Waals surface area contributed by atoms with E-state index in [1.54, 1.807) is 7.11 Å². The van der Waals surface area contributed by atoms with Crippen LogP contribution in [0.4, 0.5) is 5.69 Å². The fraction of sp³-hybridized carbons (Fsp3) is 0.381. The summed E-state index contributed by atoms with van der Waals surface area (Å²) in [7, 11) is 1.69. The van der Waals surface area contributed by atoms with Crippen LogP contribution in [0.3, 0.4) is 0 Å². The van der Waals surface area contributed by atoms with Crippen molar-refractivity contribution in [1.29, 1.82) is 0 Å². The smallest absolute Gasteiger partial charge is 0.193 e. The number of guanidine groups is 1. The second kappa shape index (κ2) is 10.9. The van der Waals surface area contributed by atoms with Gasteiger partial charge in [-0.2, -0.15) is 0 Å². The summed E-state index contributed by atoms with van der Waals surface area (Å²) in [6, 6.07) is 18.6. The predicted octanol–water partition coefficient (Wildman–Crippen LogP) is 5.28. The maximum Gasteiger partial charge on any atom is 0.193 e. The number of rotatable bonds is 7. The number of hydrogen-bond acceptors (Lipinski definition) is 3. The standard InChI is InChI=1S/C21H27N3OS.HI/c1-25-15-17-9-5-6-12-19(17)24-20(22)23-16-21(13-7-8-14-21)26-18-10-3-2-4-11-18;/h2-6,9-12H,7-8,13-16H2,1H3,(H3,22,23,24);1H. The van der Waals surface area contributed by atoms with Crippen LogP contribution in [0.25, 0.3) is 0 Å². The van der Waals surface area contributed by atoms with Crippen LogP contribution in [0.1, 0.15) is 31.2 Å². The minimum Gasteiger partial charge on any atom is -0.380 e. The number of benzene rings is 2. The van der Waals surface area contributed by atoms with Gasteiger partial charge in [-0.3, -0.25) is 4.99 Å². The van der Waals surface area contributed by atoms with Crippen LogP contribution >= 0.6 is 35.7 Å². The van der Waals surface area contributed by atoms with Crippen molar-refractivity contribution in [3.63, 3.8) is 0 Å². The van der Waals surface area contributed by atoms with E-state index in [0.29, 0.717) is 12.6 Å². The van der Waals surface area contributed by atoms with Gasteiger partial charge in [-0.05, 0) is 31.0 Å². The predicted molar refractivity (Wildman–Crippen MR) is 126 cm³/mol. The van der Waals surface area contributed by atoms with Gasteiger partial charge in [0.05, 0.1) is 13.2 Å². The molecule has 27 heavy (non-hydrogen) atoms. The quantitative estimate of drug-likeness (QED) is 0.311. The Hall–Kier alpha value is -1.25. The second-order valence-electron chi connectivity index (χ2n) is 6.72. The molecule has 4 nitrogen and oxygen atoms in total. The van der Waals surface area contributed by atoms with Crippen LogP contribution < -0.4 is 11.1 Å². The molecule has 0 heterocycles. The van der Waals surface area contributed by atoms with Crippen molar-refractivity contribution in [2.45, 2.75) is 41.9 Å². The van der Waals surface area contributed by atoms with Gasteiger partial charge in [0.2, 0.25) is 0 Å². The normalized spacial score (nSPS) is 16.0. The minimum absolute atomic E-state index is 0. The van der Waals surface area contributed by atoms with Crippen LogP contribution in [0.5, 0.6) is 0 Å². The van der Waals surface area contributed by atoms with Crippen LogP contribution in [-0.2, 0) is 11.3 Å². The van der Waals surface area contributed by atoms with Gasteiger partial charge in [0.25, 0.3) is 0 Å². The Morgan fingerprint density at radius 3 is 2.48 bits per heavy atom. The summed E-state index contributed by atoms with van der Waals surface area (Å²) in [5.74, 6) is 0.466. The molecule has 146 valence electrons. The first kappa shape index (κ1) is 22.0. The zero-order valence-electron chi connectivity index (χ0n) is 15.7. The van der Waals surface area contributed by atoms with Gasteiger partial charge >= 0.3 is 0 Å². The fourth-order valence-electron chi connectivity index (χ4n) is 3.38. The Morgan fingerprint density at radius 1 is 1.11 bits per heavy atom. The monoisotopic (exact) mass is 497 g/mol. The number of anilines is 1. The van der Waals surface area contributed by atoms with E-state index in [2.05, 4.69) is 35.6 Å². The topological polar surface area (TPSA) is 59.6 Å². The van der Waals surface area contributed by atoms with E-state index < -0.39 is 0 Å². The molecule has 6 heteroatoms. The first-order chi connectivity index (χ1) is 12.7. The third-order valence-corrected chi connectivity index (χ3v) is 6.19. The van der Waals surface area contributed by atoms with Crippen LogP contribution in [-0.4, -0.2) is 24.4 Å². The van der Waals surface area contributed by atoms with E-state index in [4.69, 9.17) is 15.5 Å². The highest BCUT2D eigenvalue weighted by Gasteiger charge is 2.34. The minimum atomic E-state index is 0. The lowest BCUT2D eigenvalue weighted by molar-refractivity contribution is 0.185. The maximum atomic E-state index is 6.19. The Bertz CT molecular complexity index is 733. The lowest BCUT2D eigenvalue weighted by atomic mass is 10.1. The van der Waals surface area contributed by atoms with E-state index in [1.165, 1.54) is 30.6 Å². The Labute approximate surface area is 183 Å². The second-order valence-corrected chi connectivity index (χ2v) is 8.26. The van der Waals surface area contributed by atoms with Crippen molar-refractivity contribution in [2.75, 3.05) is 19.0 Å². The van der Waals surface area contributed by atoms with Crippen molar-refractivity contribution in [1.82, 2.24) is 0 Å². The summed E-state index contributed by atoms with van der Waals surface area (Å²) < 4.78 is 5.40. The molecule has 1 saturated carbocycles. The van der Waals surface area contributed by atoms with Crippen molar-refractivity contribution in [3.8, 4) is 0 Å². The van der Waals surface area contributed by atoms with Gasteiger partial charge in [0, 0.05) is 28.0 Å². The molecule has 0 aromatic heterocycles. The molecule has 2 aromatic carbocycles. The molecule has 0 atom stereocenters. The summed E-state index contributed by atoms with van der Waals surface area (Å²) in [4.78, 5) is 6.00. The Kier molecular flexibility index (Phi) is 8.92. The summed E-state index contributed by atoms with van der Waals surface area (Å²) in [5, 5.41) is 3.24. The zero-order valence-corrected chi connectivity index (χ0v) is 18.8. The molecule has 0 unspecified atom stereocenters. The number of nitrogens with one attached hydrogen (secondary N) is 1. The number of nitrogens with two attached hydrogens (primary N) is 1. The van der Waals surface area contributed by atoms with E-state index in [0.717, 1.165) is 17.8 Å². The van der Waals surface area contributed by atoms with E-state index >= 15 is 0 Å². The Morgan fingerprint density at radius 2 is 1.78 bits per heavy atom. The van der Waals surface area contributed by atoms with Crippen molar-refractivity contribution in [2.24, 2.45) is 10.7 Å². The molecule has 1 fully saturated rings. The molecular formula is C21H28IN3OS. The molecule has 3 rings (SSSR count).